The monoisotopic (exact) mass is 347 g/mol. The topological polar surface area (TPSA) is 89.9 Å². The second-order valence-electron chi connectivity index (χ2n) is 7.03. The van der Waals surface area contributed by atoms with Crippen LogP contribution in [-0.2, 0) is 4.79 Å². The van der Waals surface area contributed by atoms with Gasteiger partial charge in [-0.2, -0.15) is 0 Å². The molecule has 2 amide bonds. The van der Waals surface area contributed by atoms with E-state index in [4.69, 9.17) is 5.11 Å². The van der Waals surface area contributed by atoms with Crippen molar-refractivity contribution < 1.29 is 14.7 Å². The Morgan fingerprint density at radius 3 is 2.84 bits per heavy atom. The zero-order chi connectivity index (χ0) is 18.0. The number of hydrogen-bond acceptors (Lipinski definition) is 6. The molecule has 1 aromatic rings. The van der Waals surface area contributed by atoms with Gasteiger partial charge in [0.2, 0.25) is 5.91 Å². The molecule has 8 nitrogen and oxygen atoms in total. The number of likely N-dealkylation sites (tertiary alicyclic amines) is 1. The molecule has 136 valence electrons. The minimum absolute atomic E-state index is 0.00823. The van der Waals surface area contributed by atoms with Crippen molar-refractivity contribution in [3.63, 3.8) is 0 Å². The molecule has 2 aliphatic heterocycles. The van der Waals surface area contributed by atoms with Crippen LogP contribution in [0.2, 0.25) is 0 Å². The van der Waals surface area contributed by atoms with Gasteiger partial charge < -0.3 is 19.8 Å². The summed E-state index contributed by atoms with van der Waals surface area (Å²) in [6.07, 6.45) is 5.68. The van der Waals surface area contributed by atoms with Gasteiger partial charge in [0.15, 0.2) is 0 Å². The number of nitrogens with zero attached hydrogens (tertiary/aromatic N) is 5. The molecule has 2 aliphatic rings. The zero-order valence-corrected chi connectivity index (χ0v) is 14.8. The van der Waals surface area contributed by atoms with E-state index in [1.165, 1.54) is 11.1 Å². The van der Waals surface area contributed by atoms with Crippen LogP contribution in [-0.4, -0.2) is 83.6 Å². The molecule has 0 bridgehead atoms. The summed E-state index contributed by atoms with van der Waals surface area (Å²) in [6.45, 7) is 2.40. The van der Waals surface area contributed by atoms with Crippen molar-refractivity contribution in [3.8, 4) is 0 Å². The summed E-state index contributed by atoms with van der Waals surface area (Å²) in [5, 5.41) is 9.17. The Labute approximate surface area is 147 Å². The Bertz CT molecular complexity index is 663. The number of piperidine rings is 1. The molecule has 3 rings (SSSR count). The average molecular weight is 347 g/mol. The quantitative estimate of drug-likeness (QED) is 0.824. The van der Waals surface area contributed by atoms with Crippen molar-refractivity contribution in [2.45, 2.75) is 19.3 Å². The highest BCUT2D eigenvalue weighted by molar-refractivity contribution is 5.92. The zero-order valence-electron chi connectivity index (χ0n) is 14.8. The highest BCUT2D eigenvalue weighted by atomic mass is 16.3. The molecule has 3 heterocycles. The summed E-state index contributed by atoms with van der Waals surface area (Å²) in [4.78, 5) is 38.8. The van der Waals surface area contributed by atoms with Crippen LogP contribution < -0.4 is 4.90 Å². The number of amides is 2. The SMILES string of the molecule is CN(C)C(=O)c1cncc(N2CC[C@]3(CCCN(CCO)C3=O)C2)n1. The Kier molecular flexibility index (Phi) is 4.89. The lowest BCUT2D eigenvalue weighted by molar-refractivity contribution is -0.145. The largest absolute Gasteiger partial charge is 0.395 e. The Morgan fingerprint density at radius 1 is 1.32 bits per heavy atom. The van der Waals surface area contributed by atoms with Crippen molar-refractivity contribution in [3.05, 3.63) is 18.1 Å². The smallest absolute Gasteiger partial charge is 0.273 e. The molecule has 2 fully saturated rings. The van der Waals surface area contributed by atoms with E-state index < -0.39 is 5.41 Å². The minimum Gasteiger partial charge on any atom is -0.395 e. The van der Waals surface area contributed by atoms with Crippen LogP contribution in [0.3, 0.4) is 0 Å². The van der Waals surface area contributed by atoms with Crippen LogP contribution in [0.5, 0.6) is 0 Å². The van der Waals surface area contributed by atoms with Gasteiger partial charge in [-0.25, -0.2) is 4.98 Å². The molecule has 0 aliphatic carbocycles. The van der Waals surface area contributed by atoms with Crippen LogP contribution >= 0.6 is 0 Å². The molecule has 8 heteroatoms. The first-order chi connectivity index (χ1) is 12.0. The van der Waals surface area contributed by atoms with Gasteiger partial charge in [-0.15, -0.1) is 0 Å². The van der Waals surface area contributed by atoms with Crippen LogP contribution in [0.15, 0.2) is 12.4 Å². The van der Waals surface area contributed by atoms with Crippen LogP contribution in [0.4, 0.5) is 5.82 Å². The normalized spacial score (nSPS) is 23.4. The lowest BCUT2D eigenvalue weighted by Gasteiger charge is -2.39. The van der Waals surface area contributed by atoms with E-state index in [-0.39, 0.29) is 18.4 Å². The van der Waals surface area contributed by atoms with Crippen molar-refractivity contribution in [2.75, 3.05) is 51.8 Å². The first kappa shape index (κ1) is 17.6. The van der Waals surface area contributed by atoms with Gasteiger partial charge in [-0.3, -0.25) is 14.6 Å². The van der Waals surface area contributed by atoms with E-state index in [2.05, 4.69) is 9.97 Å². The molecule has 1 spiro atoms. The maximum absolute atomic E-state index is 12.9. The highest BCUT2D eigenvalue weighted by Gasteiger charge is 2.48. The first-order valence-corrected chi connectivity index (χ1v) is 8.66. The Hall–Kier alpha value is -2.22. The molecule has 0 aromatic carbocycles. The van der Waals surface area contributed by atoms with Gasteiger partial charge in [0.1, 0.15) is 11.5 Å². The summed E-state index contributed by atoms with van der Waals surface area (Å²) in [6, 6.07) is 0. The van der Waals surface area contributed by atoms with Crippen molar-refractivity contribution >= 4 is 17.6 Å². The standard InChI is InChI=1S/C17H25N5O3/c1-20(2)15(24)13-10-18-11-14(19-13)22-7-5-17(12-22)4-3-6-21(8-9-23)16(17)25/h10-11,23H,3-9,12H2,1-2H3/t17-/m1/s1. The summed E-state index contributed by atoms with van der Waals surface area (Å²) in [5.74, 6) is 0.576. The van der Waals surface area contributed by atoms with E-state index in [9.17, 15) is 9.59 Å². The van der Waals surface area contributed by atoms with Crippen molar-refractivity contribution in [1.82, 2.24) is 19.8 Å². The number of aliphatic hydroxyl groups is 1. The fourth-order valence-electron chi connectivity index (χ4n) is 3.77. The molecule has 0 saturated carbocycles. The molecule has 1 atom stereocenters. The van der Waals surface area contributed by atoms with Gasteiger partial charge in [0.25, 0.3) is 5.91 Å². The molecule has 0 radical (unpaired) electrons. The number of aliphatic hydroxyl groups excluding tert-OH is 1. The number of rotatable bonds is 4. The third kappa shape index (κ3) is 3.30. The van der Waals surface area contributed by atoms with Gasteiger partial charge in [0.05, 0.1) is 24.4 Å². The predicted molar refractivity (Wildman–Crippen MR) is 92.2 cm³/mol. The summed E-state index contributed by atoms with van der Waals surface area (Å²) in [5.41, 5.74) is -0.100. The van der Waals surface area contributed by atoms with Crippen molar-refractivity contribution in [1.29, 1.82) is 0 Å². The number of β-amino-alcohol motifs (C(OH)–C–C–N with tert-alkyl or cyclic N) is 1. The van der Waals surface area contributed by atoms with Gasteiger partial charge in [-0.05, 0) is 19.3 Å². The third-order valence-corrected chi connectivity index (χ3v) is 5.12. The van der Waals surface area contributed by atoms with Crippen LogP contribution in [0.1, 0.15) is 29.8 Å². The molecular weight excluding hydrogens is 322 g/mol. The van der Waals surface area contributed by atoms with Gasteiger partial charge in [0, 0.05) is 40.3 Å². The van der Waals surface area contributed by atoms with Crippen molar-refractivity contribution in [2.24, 2.45) is 5.41 Å². The van der Waals surface area contributed by atoms with E-state index in [1.54, 1.807) is 25.2 Å². The first-order valence-electron chi connectivity index (χ1n) is 8.66. The fraction of sp³-hybridized carbons (Fsp3) is 0.647. The molecule has 2 saturated heterocycles. The minimum atomic E-state index is -0.406. The van der Waals surface area contributed by atoms with E-state index in [1.807, 2.05) is 4.90 Å². The summed E-state index contributed by atoms with van der Waals surface area (Å²) < 4.78 is 0. The number of anilines is 1. The Balaban J connectivity index is 1.78. The van der Waals surface area contributed by atoms with Gasteiger partial charge in [-0.1, -0.05) is 0 Å². The Morgan fingerprint density at radius 2 is 2.12 bits per heavy atom. The summed E-state index contributed by atoms with van der Waals surface area (Å²) >= 11 is 0. The second-order valence-corrected chi connectivity index (χ2v) is 7.03. The van der Waals surface area contributed by atoms with E-state index in [0.29, 0.717) is 37.7 Å². The van der Waals surface area contributed by atoms with Gasteiger partial charge >= 0.3 is 0 Å². The molecular formula is C17H25N5O3. The number of carbonyl (C=O) groups excluding carboxylic acids is 2. The van der Waals surface area contributed by atoms with Crippen LogP contribution in [0.25, 0.3) is 0 Å². The predicted octanol–water partition coefficient (Wildman–Crippen LogP) is -0.0104. The summed E-state index contributed by atoms with van der Waals surface area (Å²) in [7, 11) is 3.36. The third-order valence-electron chi connectivity index (χ3n) is 5.12. The van der Waals surface area contributed by atoms with E-state index in [0.717, 1.165) is 19.3 Å². The number of hydrogen-bond donors (Lipinski definition) is 1. The maximum atomic E-state index is 12.9. The number of aromatic nitrogens is 2. The molecule has 0 unspecified atom stereocenters. The molecule has 25 heavy (non-hydrogen) atoms. The number of carbonyl (C=O) groups is 2. The van der Waals surface area contributed by atoms with Crippen LogP contribution in [0, 0.1) is 5.41 Å². The fourth-order valence-corrected chi connectivity index (χ4v) is 3.77. The highest BCUT2D eigenvalue weighted by Crippen LogP contribution is 2.41. The lowest BCUT2D eigenvalue weighted by atomic mass is 9.78. The maximum Gasteiger partial charge on any atom is 0.273 e. The molecule has 1 N–H and O–H groups in total. The lowest BCUT2D eigenvalue weighted by Crippen LogP contribution is -2.50. The van der Waals surface area contributed by atoms with E-state index >= 15 is 0 Å². The second kappa shape index (κ2) is 6.95. The average Bonchev–Trinajstić information content (AvgIpc) is 3.04. The molecule has 1 aromatic heterocycles.